The molecular weight excluding hydrogens is 174 g/mol. The van der Waals surface area contributed by atoms with Crippen LogP contribution in [0.15, 0.2) is 18.2 Å². The van der Waals surface area contributed by atoms with Crippen LogP contribution in [0.4, 0.5) is 0 Å². The van der Waals surface area contributed by atoms with Crippen LogP contribution >= 0.6 is 0 Å². The molecule has 0 saturated carbocycles. The van der Waals surface area contributed by atoms with E-state index in [0.29, 0.717) is 0 Å². The molecule has 1 heterocycles. The monoisotopic (exact) mass is 191 g/mol. The Morgan fingerprint density at radius 3 is 3.14 bits per heavy atom. The van der Waals surface area contributed by atoms with Crippen LogP contribution in [0.5, 0.6) is 5.75 Å². The van der Waals surface area contributed by atoms with Gasteiger partial charge in [0.1, 0.15) is 5.75 Å². The quantitative estimate of drug-likeness (QED) is 0.792. The summed E-state index contributed by atoms with van der Waals surface area (Å²) in [6.07, 6.45) is 3.11. The van der Waals surface area contributed by atoms with Crippen molar-refractivity contribution >= 4 is 0 Å². The zero-order chi connectivity index (χ0) is 9.97. The molecule has 0 unspecified atom stereocenters. The number of benzene rings is 1. The van der Waals surface area contributed by atoms with E-state index in [4.69, 9.17) is 10.5 Å². The lowest BCUT2D eigenvalue weighted by Crippen LogP contribution is -2.15. The lowest BCUT2D eigenvalue weighted by atomic mass is 10.0. The summed E-state index contributed by atoms with van der Waals surface area (Å²) in [5.74, 6) is 1.12. The number of ether oxygens (including phenoxy) is 1. The van der Waals surface area contributed by atoms with E-state index in [0.717, 1.165) is 31.6 Å². The fourth-order valence-corrected chi connectivity index (χ4v) is 1.86. The Morgan fingerprint density at radius 2 is 2.36 bits per heavy atom. The van der Waals surface area contributed by atoms with Gasteiger partial charge in [0, 0.05) is 12.5 Å². The molecule has 0 aromatic heterocycles. The highest BCUT2D eigenvalue weighted by molar-refractivity contribution is 5.44. The average Bonchev–Trinajstić information content (AvgIpc) is 2.62. The Kier molecular flexibility index (Phi) is 2.73. The van der Waals surface area contributed by atoms with Crippen molar-refractivity contribution in [1.82, 2.24) is 0 Å². The molecule has 0 fully saturated rings. The van der Waals surface area contributed by atoms with Crippen LogP contribution in [0, 0.1) is 0 Å². The van der Waals surface area contributed by atoms with Crippen molar-refractivity contribution in [3.63, 3.8) is 0 Å². The second-order valence-corrected chi connectivity index (χ2v) is 4.02. The first-order valence-electron chi connectivity index (χ1n) is 5.26. The maximum absolute atomic E-state index is 5.74. The van der Waals surface area contributed by atoms with E-state index in [1.807, 2.05) is 6.92 Å². The minimum atomic E-state index is 0.271. The molecule has 1 aromatic rings. The van der Waals surface area contributed by atoms with Crippen molar-refractivity contribution < 1.29 is 4.74 Å². The Morgan fingerprint density at radius 1 is 1.50 bits per heavy atom. The zero-order valence-electron chi connectivity index (χ0n) is 8.62. The van der Waals surface area contributed by atoms with Gasteiger partial charge >= 0.3 is 0 Å². The number of nitrogens with two attached hydrogens (primary N) is 1. The first-order chi connectivity index (χ1) is 6.77. The standard InChI is InChI=1S/C12H17NO/c1-9(13)5-6-10-3-2-4-11-7-8-14-12(10)11/h2-4,9H,5-8,13H2,1H3/t9-/m0/s1. The Labute approximate surface area is 85.1 Å². The molecule has 2 N–H and O–H groups in total. The van der Waals surface area contributed by atoms with E-state index in [1.165, 1.54) is 11.1 Å². The van der Waals surface area contributed by atoms with Gasteiger partial charge in [-0.1, -0.05) is 18.2 Å². The molecule has 1 aliphatic heterocycles. The summed E-state index contributed by atoms with van der Waals surface area (Å²) < 4.78 is 5.62. The third kappa shape index (κ3) is 1.90. The van der Waals surface area contributed by atoms with Gasteiger partial charge in [-0.25, -0.2) is 0 Å². The molecule has 76 valence electrons. The van der Waals surface area contributed by atoms with E-state index >= 15 is 0 Å². The van der Waals surface area contributed by atoms with E-state index in [-0.39, 0.29) is 6.04 Å². The number of aryl methyl sites for hydroxylation is 1. The van der Waals surface area contributed by atoms with Crippen molar-refractivity contribution in [2.24, 2.45) is 5.73 Å². The second-order valence-electron chi connectivity index (χ2n) is 4.02. The van der Waals surface area contributed by atoms with Gasteiger partial charge in [0.15, 0.2) is 0 Å². The van der Waals surface area contributed by atoms with Gasteiger partial charge in [-0.3, -0.25) is 0 Å². The van der Waals surface area contributed by atoms with Gasteiger partial charge in [-0.15, -0.1) is 0 Å². The Balaban J connectivity index is 2.14. The molecule has 0 saturated heterocycles. The lowest BCUT2D eigenvalue weighted by Gasteiger charge is -2.09. The average molecular weight is 191 g/mol. The highest BCUT2D eigenvalue weighted by Gasteiger charge is 2.15. The van der Waals surface area contributed by atoms with Crippen LogP contribution in [0.2, 0.25) is 0 Å². The van der Waals surface area contributed by atoms with Crippen LogP contribution in [-0.4, -0.2) is 12.6 Å². The molecule has 2 nitrogen and oxygen atoms in total. The van der Waals surface area contributed by atoms with E-state index in [1.54, 1.807) is 0 Å². The number of fused-ring (bicyclic) bond motifs is 1. The summed E-state index contributed by atoms with van der Waals surface area (Å²) >= 11 is 0. The van der Waals surface area contributed by atoms with Crippen molar-refractivity contribution in [3.8, 4) is 5.75 Å². The smallest absolute Gasteiger partial charge is 0.125 e. The van der Waals surface area contributed by atoms with Crippen molar-refractivity contribution in [1.29, 1.82) is 0 Å². The maximum Gasteiger partial charge on any atom is 0.125 e. The normalized spacial score (nSPS) is 16.1. The third-order valence-corrected chi connectivity index (χ3v) is 2.66. The number of rotatable bonds is 3. The molecule has 1 aromatic carbocycles. The summed E-state index contributed by atoms with van der Waals surface area (Å²) in [5, 5.41) is 0. The Hall–Kier alpha value is -1.02. The predicted molar refractivity (Wildman–Crippen MR) is 57.6 cm³/mol. The molecular formula is C12H17NO. The molecule has 1 aliphatic rings. The number of hydrogen-bond acceptors (Lipinski definition) is 2. The molecule has 2 heteroatoms. The number of para-hydroxylation sites is 1. The maximum atomic E-state index is 5.74. The number of hydrogen-bond donors (Lipinski definition) is 1. The summed E-state index contributed by atoms with van der Waals surface area (Å²) in [7, 11) is 0. The van der Waals surface area contributed by atoms with Crippen LogP contribution < -0.4 is 10.5 Å². The summed E-state index contributed by atoms with van der Waals surface area (Å²) in [6, 6.07) is 6.68. The molecule has 0 amide bonds. The first kappa shape index (κ1) is 9.53. The summed E-state index contributed by atoms with van der Waals surface area (Å²) in [6.45, 7) is 2.88. The van der Waals surface area contributed by atoms with Gasteiger partial charge in [-0.2, -0.15) is 0 Å². The van der Waals surface area contributed by atoms with Crippen LogP contribution in [0.25, 0.3) is 0 Å². The van der Waals surface area contributed by atoms with Crippen LogP contribution in [0.1, 0.15) is 24.5 Å². The van der Waals surface area contributed by atoms with Gasteiger partial charge in [0.25, 0.3) is 0 Å². The molecule has 1 atom stereocenters. The molecule has 0 aliphatic carbocycles. The highest BCUT2D eigenvalue weighted by Crippen LogP contribution is 2.30. The molecule has 0 bridgehead atoms. The zero-order valence-corrected chi connectivity index (χ0v) is 8.62. The van der Waals surface area contributed by atoms with Gasteiger partial charge in [0.05, 0.1) is 6.61 Å². The minimum absolute atomic E-state index is 0.271. The van der Waals surface area contributed by atoms with E-state index in [9.17, 15) is 0 Å². The lowest BCUT2D eigenvalue weighted by molar-refractivity contribution is 0.353. The van der Waals surface area contributed by atoms with Crippen LogP contribution in [-0.2, 0) is 12.8 Å². The molecule has 14 heavy (non-hydrogen) atoms. The molecule has 0 radical (unpaired) electrons. The summed E-state index contributed by atoms with van der Waals surface area (Å²) in [4.78, 5) is 0. The molecule has 2 rings (SSSR count). The first-order valence-corrected chi connectivity index (χ1v) is 5.26. The van der Waals surface area contributed by atoms with Gasteiger partial charge < -0.3 is 10.5 Å². The predicted octanol–water partition coefficient (Wildman–Crippen LogP) is 1.90. The fraction of sp³-hybridized carbons (Fsp3) is 0.500. The third-order valence-electron chi connectivity index (χ3n) is 2.66. The second kappa shape index (κ2) is 4.01. The molecule has 0 spiro atoms. The topological polar surface area (TPSA) is 35.2 Å². The fourth-order valence-electron chi connectivity index (χ4n) is 1.86. The van der Waals surface area contributed by atoms with Crippen molar-refractivity contribution in [3.05, 3.63) is 29.3 Å². The highest BCUT2D eigenvalue weighted by atomic mass is 16.5. The van der Waals surface area contributed by atoms with Crippen LogP contribution in [0.3, 0.4) is 0 Å². The van der Waals surface area contributed by atoms with Crippen molar-refractivity contribution in [2.45, 2.75) is 32.2 Å². The summed E-state index contributed by atoms with van der Waals surface area (Å²) in [5.41, 5.74) is 8.42. The van der Waals surface area contributed by atoms with Gasteiger partial charge in [0.2, 0.25) is 0 Å². The van der Waals surface area contributed by atoms with Crippen molar-refractivity contribution in [2.75, 3.05) is 6.61 Å². The largest absolute Gasteiger partial charge is 0.493 e. The Bertz CT molecular complexity index is 320. The van der Waals surface area contributed by atoms with Gasteiger partial charge in [-0.05, 0) is 30.9 Å². The van der Waals surface area contributed by atoms with E-state index in [2.05, 4.69) is 18.2 Å². The SMILES string of the molecule is C[C@H](N)CCc1cccc2c1OCC2. The minimum Gasteiger partial charge on any atom is -0.493 e. The van der Waals surface area contributed by atoms with E-state index < -0.39 is 0 Å².